The Morgan fingerprint density at radius 1 is 1.19 bits per heavy atom. The Bertz CT molecular complexity index is 869. The lowest BCUT2D eigenvalue weighted by molar-refractivity contribution is 1.12. The number of hydrogen-bond acceptors (Lipinski definition) is 2. The van der Waals surface area contributed by atoms with Crippen LogP contribution in [-0.2, 0) is 6.54 Å². The van der Waals surface area contributed by atoms with Gasteiger partial charge in [0.2, 0.25) is 0 Å². The van der Waals surface area contributed by atoms with Gasteiger partial charge >= 0.3 is 5.69 Å². The minimum absolute atomic E-state index is 0.206. The van der Waals surface area contributed by atoms with E-state index in [-0.39, 0.29) is 5.69 Å². The Hall–Kier alpha value is -1.72. The highest BCUT2D eigenvalue weighted by Crippen LogP contribution is 2.27. The summed E-state index contributed by atoms with van der Waals surface area (Å²) in [4.78, 5) is 16.8. The van der Waals surface area contributed by atoms with Crippen molar-refractivity contribution >= 4 is 44.3 Å². The molecular weight excluding hydrogens is 354 g/mol. The number of fused-ring (bicyclic) bond motifs is 1. The zero-order valence-corrected chi connectivity index (χ0v) is 13.6. The lowest BCUT2D eigenvalue weighted by Crippen LogP contribution is -2.02. The van der Waals surface area contributed by atoms with Gasteiger partial charge in [-0.15, -0.1) is 0 Å². The maximum atomic E-state index is 11.3. The predicted octanol–water partition coefficient (Wildman–Crippen LogP) is 4.19. The maximum Gasteiger partial charge on any atom is 0.323 e. The number of halogens is 2. The molecule has 0 aliphatic rings. The number of aromatic amines is 2. The molecule has 0 atom stereocenters. The normalized spacial score (nSPS) is 11.0. The molecule has 2 aromatic carbocycles. The third-order valence-corrected chi connectivity index (χ3v) is 4.27. The summed E-state index contributed by atoms with van der Waals surface area (Å²) in [5.74, 6) is 0. The maximum absolute atomic E-state index is 11.3. The van der Waals surface area contributed by atoms with Crippen LogP contribution in [0.1, 0.15) is 11.1 Å². The molecule has 0 aliphatic heterocycles. The van der Waals surface area contributed by atoms with Crippen molar-refractivity contribution in [2.45, 2.75) is 13.5 Å². The van der Waals surface area contributed by atoms with E-state index in [1.54, 1.807) is 0 Å². The van der Waals surface area contributed by atoms with Crippen LogP contribution >= 0.6 is 27.5 Å². The van der Waals surface area contributed by atoms with Crippen LogP contribution in [0.5, 0.6) is 0 Å². The molecule has 3 aromatic rings. The average Bonchev–Trinajstić information content (AvgIpc) is 2.76. The first-order valence-electron chi connectivity index (χ1n) is 6.43. The molecule has 1 heterocycles. The minimum atomic E-state index is -0.206. The highest BCUT2D eigenvalue weighted by molar-refractivity contribution is 9.10. The number of aromatic nitrogens is 2. The van der Waals surface area contributed by atoms with Crippen LogP contribution in [0, 0.1) is 6.92 Å². The predicted molar refractivity (Wildman–Crippen MR) is 90.1 cm³/mol. The molecule has 6 heteroatoms. The summed E-state index contributed by atoms with van der Waals surface area (Å²) < 4.78 is 0.900. The number of H-pyrrole nitrogens is 2. The summed E-state index contributed by atoms with van der Waals surface area (Å²) >= 11 is 9.47. The van der Waals surface area contributed by atoms with Gasteiger partial charge in [0.05, 0.1) is 16.7 Å². The summed E-state index contributed by atoms with van der Waals surface area (Å²) in [5.41, 5.74) is 4.59. The Morgan fingerprint density at radius 3 is 2.62 bits per heavy atom. The van der Waals surface area contributed by atoms with E-state index < -0.39 is 0 Å². The number of rotatable bonds is 3. The Kier molecular flexibility index (Phi) is 3.78. The Labute approximate surface area is 134 Å². The molecule has 108 valence electrons. The smallest absolute Gasteiger partial charge is 0.323 e. The molecule has 0 aliphatic carbocycles. The van der Waals surface area contributed by atoms with Crippen molar-refractivity contribution in [3.05, 3.63) is 61.4 Å². The van der Waals surface area contributed by atoms with E-state index in [9.17, 15) is 4.79 Å². The quantitative estimate of drug-likeness (QED) is 0.651. The Morgan fingerprint density at radius 2 is 1.90 bits per heavy atom. The number of hydrogen-bond donors (Lipinski definition) is 3. The molecule has 3 N–H and O–H groups in total. The van der Waals surface area contributed by atoms with Crippen molar-refractivity contribution in [2.24, 2.45) is 0 Å². The fraction of sp³-hybridized carbons (Fsp3) is 0.133. The largest absolute Gasteiger partial charge is 0.380 e. The zero-order valence-electron chi connectivity index (χ0n) is 11.3. The fourth-order valence-corrected chi connectivity index (χ4v) is 2.95. The number of anilines is 1. The van der Waals surface area contributed by atoms with Crippen molar-refractivity contribution in [1.29, 1.82) is 0 Å². The van der Waals surface area contributed by atoms with Gasteiger partial charge in [0, 0.05) is 16.0 Å². The minimum Gasteiger partial charge on any atom is -0.380 e. The average molecular weight is 367 g/mol. The molecule has 0 bridgehead atoms. The molecule has 0 amide bonds. The molecule has 21 heavy (non-hydrogen) atoms. The third-order valence-electron chi connectivity index (χ3n) is 3.38. The number of aryl methyl sites for hydroxylation is 1. The number of nitrogens with one attached hydrogen (secondary N) is 3. The van der Waals surface area contributed by atoms with Crippen molar-refractivity contribution in [2.75, 3.05) is 5.32 Å². The van der Waals surface area contributed by atoms with Gasteiger partial charge in [0.25, 0.3) is 0 Å². The first-order chi connectivity index (χ1) is 10.0. The van der Waals surface area contributed by atoms with E-state index in [0.717, 1.165) is 31.8 Å². The molecule has 0 saturated carbocycles. The zero-order chi connectivity index (χ0) is 15.0. The monoisotopic (exact) mass is 365 g/mol. The molecule has 0 unspecified atom stereocenters. The van der Waals surface area contributed by atoms with Crippen LogP contribution in [0.25, 0.3) is 11.0 Å². The van der Waals surface area contributed by atoms with E-state index in [4.69, 9.17) is 11.6 Å². The molecule has 0 spiro atoms. The second-order valence-electron chi connectivity index (χ2n) is 4.88. The van der Waals surface area contributed by atoms with Crippen molar-refractivity contribution in [3.8, 4) is 0 Å². The molecule has 3 rings (SSSR count). The van der Waals surface area contributed by atoms with Crippen LogP contribution in [0.4, 0.5) is 5.69 Å². The van der Waals surface area contributed by atoms with Crippen molar-refractivity contribution < 1.29 is 0 Å². The van der Waals surface area contributed by atoms with Crippen LogP contribution in [0.15, 0.2) is 39.6 Å². The standard InChI is InChI=1S/C15H13BrClN3O/c1-8-4-10(17)3-2-9(8)7-18-12-6-14-13(5-11(12)16)19-15(21)20-14/h2-6,18H,7H2,1H3,(H2,19,20,21). The van der Waals surface area contributed by atoms with Gasteiger partial charge in [-0.1, -0.05) is 17.7 Å². The van der Waals surface area contributed by atoms with Crippen LogP contribution in [-0.4, -0.2) is 9.97 Å². The van der Waals surface area contributed by atoms with Crippen molar-refractivity contribution in [1.82, 2.24) is 9.97 Å². The van der Waals surface area contributed by atoms with Gasteiger partial charge in [0.1, 0.15) is 0 Å². The topological polar surface area (TPSA) is 60.7 Å². The van der Waals surface area contributed by atoms with Crippen LogP contribution in [0.2, 0.25) is 5.02 Å². The summed E-state index contributed by atoms with van der Waals surface area (Å²) in [6.07, 6.45) is 0. The van der Waals surface area contributed by atoms with Crippen LogP contribution in [0.3, 0.4) is 0 Å². The van der Waals surface area contributed by atoms with Gasteiger partial charge in [0.15, 0.2) is 0 Å². The summed E-state index contributed by atoms with van der Waals surface area (Å²) in [7, 11) is 0. The van der Waals surface area contributed by atoms with Gasteiger partial charge in [-0.3, -0.25) is 0 Å². The Balaban J connectivity index is 1.87. The van der Waals surface area contributed by atoms with E-state index in [0.29, 0.717) is 6.54 Å². The van der Waals surface area contributed by atoms with Gasteiger partial charge in [-0.2, -0.15) is 0 Å². The highest BCUT2D eigenvalue weighted by atomic mass is 79.9. The van der Waals surface area contributed by atoms with Crippen molar-refractivity contribution in [3.63, 3.8) is 0 Å². The third kappa shape index (κ3) is 2.99. The van der Waals surface area contributed by atoms with E-state index in [1.165, 1.54) is 5.56 Å². The van der Waals surface area contributed by atoms with Crippen LogP contribution < -0.4 is 11.0 Å². The second-order valence-corrected chi connectivity index (χ2v) is 6.17. The number of benzene rings is 2. The second kappa shape index (κ2) is 5.58. The van der Waals surface area contributed by atoms with E-state index in [1.807, 2.05) is 37.3 Å². The molecule has 0 radical (unpaired) electrons. The molecule has 1 aromatic heterocycles. The summed E-state index contributed by atoms with van der Waals surface area (Å²) in [5, 5.41) is 4.10. The summed E-state index contributed by atoms with van der Waals surface area (Å²) in [6, 6.07) is 9.62. The van der Waals surface area contributed by atoms with E-state index >= 15 is 0 Å². The lowest BCUT2D eigenvalue weighted by atomic mass is 10.1. The molecule has 0 saturated heterocycles. The number of imidazole rings is 1. The SMILES string of the molecule is Cc1cc(Cl)ccc1CNc1cc2[nH]c(=O)[nH]c2cc1Br. The summed E-state index contributed by atoms with van der Waals surface area (Å²) in [6.45, 7) is 2.71. The molecule has 0 fully saturated rings. The van der Waals surface area contributed by atoms with Gasteiger partial charge in [-0.05, 0) is 58.2 Å². The first kappa shape index (κ1) is 14.2. The van der Waals surface area contributed by atoms with Gasteiger partial charge < -0.3 is 15.3 Å². The lowest BCUT2D eigenvalue weighted by Gasteiger charge is -2.11. The first-order valence-corrected chi connectivity index (χ1v) is 7.60. The van der Waals surface area contributed by atoms with E-state index in [2.05, 4.69) is 31.2 Å². The fourth-order valence-electron chi connectivity index (χ4n) is 2.24. The van der Waals surface area contributed by atoms with Gasteiger partial charge in [-0.25, -0.2) is 4.79 Å². The highest BCUT2D eigenvalue weighted by Gasteiger charge is 2.06. The molecule has 4 nitrogen and oxygen atoms in total. The molecular formula is C15H13BrClN3O.